The van der Waals surface area contributed by atoms with Gasteiger partial charge in [0.15, 0.2) is 0 Å². The summed E-state index contributed by atoms with van der Waals surface area (Å²) in [5, 5.41) is 0. The zero-order valence-electron chi connectivity index (χ0n) is 2.18. The predicted molar refractivity (Wildman–Crippen MR) is 23.0 cm³/mol. The molecule has 0 bridgehead atoms. The normalized spacial score (nSPS) is 0. The van der Waals surface area contributed by atoms with Crippen LogP contribution in [0.1, 0.15) is 0 Å². The van der Waals surface area contributed by atoms with Gasteiger partial charge in [-0.1, -0.05) is 0 Å². The number of rotatable bonds is 0. The van der Waals surface area contributed by atoms with E-state index in [2.05, 4.69) is 0 Å². The van der Waals surface area contributed by atoms with Gasteiger partial charge >= 0.3 is 25.8 Å². The SMILES string of the molecule is [Al].[As-3].[Ga].[In+3]. The van der Waals surface area contributed by atoms with Crippen LogP contribution >= 0.6 is 0 Å². The molecule has 4 heteroatoms. The molecule has 0 aliphatic heterocycles. The van der Waals surface area contributed by atoms with Crippen LogP contribution in [0, 0.1) is 0 Å². The van der Waals surface area contributed by atoms with Crippen LogP contribution < -0.4 is 0 Å². The largest absolute Gasteiger partial charge is 3.00 e. The Hall–Kier alpha value is 2.60. The number of hydrogen-bond acceptors (Lipinski definition) is 0. The van der Waals surface area contributed by atoms with Crippen LogP contribution in [0.3, 0.4) is 0 Å². The van der Waals surface area contributed by atoms with Gasteiger partial charge in [-0.05, 0) is 0 Å². The van der Waals surface area contributed by atoms with E-state index >= 15 is 0 Å². The molecule has 0 N–H and O–H groups in total. The molecule has 0 rings (SSSR count). The maximum atomic E-state index is 0. The van der Waals surface area contributed by atoms with Gasteiger partial charge in [0.25, 0.3) is 0 Å². The summed E-state index contributed by atoms with van der Waals surface area (Å²) in [6.45, 7) is 0. The molecule has 0 spiro atoms. The van der Waals surface area contributed by atoms with Crippen LogP contribution in [-0.4, -0.2) is 80.9 Å². The molecule has 0 fully saturated rings. The summed E-state index contributed by atoms with van der Waals surface area (Å²) in [6, 6.07) is 0. The van der Waals surface area contributed by atoms with Gasteiger partial charge in [-0.2, -0.15) is 0 Å². The van der Waals surface area contributed by atoms with E-state index < -0.39 is 0 Å². The quantitative estimate of drug-likeness (QED) is 0.475. The second-order valence-corrected chi connectivity index (χ2v) is 0. The maximum Gasteiger partial charge on any atom is 3.00 e. The summed E-state index contributed by atoms with van der Waals surface area (Å²) in [5.41, 5.74) is 0. The average molecular weight is 286 g/mol. The Morgan fingerprint density at radius 1 is 1.00 bits per heavy atom. The van der Waals surface area contributed by atoms with Gasteiger partial charge in [0.05, 0.1) is 0 Å². The third-order valence-electron chi connectivity index (χ3n) is 0. The molecule has 0 unspecified atom stereocenters. The number of hydrogen-bond donors (Lipinski definition) is 0. The van der Waals surface area contributed by atoms with E-state index in [0.717, 1.165) is 0 Å². The van der Waals surface area contributed by atoms with Crippen molar-refractivity contribution in [3.8, 4) is 0 Å². The van der Waals surface area contributed by atoms with Crippen LogP contribution in [0.15, 0.2) is 0 Å². The third kappa shape index (κ3) is 8.82. The Morgan fingerprint density at radius 3 is 1.00 bits per heavy atom. The van der Waals surface area contributed by atoms with E-state index in [1.807, 2.05) is 0 Å². The van der Waals surface area contributed by atoms with E-state index in [1.54, 1.807) is 0 Å². The molecule has 0 amide bonds. The van der Waals surface area contributed by atoms with Gasteiger partial charge < -0.3 is 18.0 Å². The molecule has 0 aliphatic carbocycles. The molecule has 0 saturated carbocycles. The molecule has 0 aromatic rings. The van der Waals surface area contributed by atoms with Crippen molar-refractivity contribution in [3.63, 3.8) is 0 Å². The molecule has 6 radical (unpaired) electrons. The second kappa shape index (κ2) is 17.5. The second-order valence-electron chi connectivity index (χ2n) is 0. The van der Waals surface area contributed by atoms with Crippen LogP contribution in [-0.2, 0) is 0 Å². The van der Waals surface area contributed by atoms with Crippen molar-refractivity contribution in [1.29, 1.82) is 0 Å². The van der Waals surface area contributed by atoms with Crippen molar-refractivity contribution < 1.29 is 0 Å². The summed E-state index contributed by atoms with van der Waals surface area (Å²) >= 11 is 0. The first kappa shape index (κ1) is 30.6. The Morgan fingerprint density at radius 2 is 1.00 bits per heavy atom. The monoisotopic (exact) mass is 286 g/mol. The summed E-state index contributed by atoms with van der Waals surface area (Å²) in [6.07, 6.45) is 0. The fourth-order valence-corrected chi connectivity index (χ4v) is 0. The predicted octanol–water partition coefficient (Wildman–Crippen LogP) is -1.52. The van der Waals surface area contributed by atoms with Gasteiger partial charge in [0.1, 0.15) is 0 Å². The minimum atomic E-state index is 0. The molecule has 0 aliphatic rings. The van der Waals surface area contributed by atoms with Crippen LogP contribution in [0.25, 0.3) is 0 Å². The van der Waals surface area contributed by atoms with E-state index in [0.29, 0.717) is 0 Å². The summed E-state index contributed by atoms with van der Waals surface area (Å²) in [7, 11) is 0. The average Bonchev–Trinajstić information content (AvgIpc) is 0. The van der Waals surface area contributed by atoms with Gasteiger partial charge in [-0.25, -0.2) is 0 Å². The topological polar surface area (TPSA) is 0 Å². The summed E-state index contributed by atoms with van der Waals surface area (Å²) < 4.78 is 0. The van der Waals surface area contributed by atoms with E-state index in [-0.39, 0.29) is 80.9 Å². The third-order valence-corrected chi connectivity index (χ3v) is 0. The van der Waals surface area contributed by atoms with Crippen molar-refractivity contribution in [2.75, 3.05) is 0 Å². The molecule has 4 heavy (non-hydrogen) atoms. The standard InChI is InChI=1S/Al.As.Ga.In/q;-3;;+3. The van der Waals surface area contributed by atoms with Crippen molar-refractivity contribution >= 4 is 80.9 Å². The van der Waals surface area contributed by atoms with Crippen molar-refractivity contribution in [3.05, 3.63) is 0 Å². The first-order valence-electron chi connectivity index (χ1n) is 0. The fourth-order valence-electron chi connectivity index (χ4n) is 0. The van der Waals surface area contributed by atoms with Gasteiger partial charge in [-0.3, -0.25) is 0 Å². The van der Waals surface area contributed by atoms with Crippen molar-refractivity contribution in [2.24, 2.45) is 0 Å². The Labute approximate surface area is 79.8 Å². The van der Waals surface area contributed by atoms with Gasteiger partial charge in [-0.15, -0.1) is 0 Å². The molecule has 0 aromatic heterocycles. The Kier molecular flexibility index (Phi) is 134. The minimum absolute atomic E-state index is 0. The molecule has 0 nitrogen and oxygen atoms in total. The van der Waals surface area contributed by atoms with Crippen molar-refractivity contribution in [2.45, 2.75) is 0 Å². The molecular weight excluding hydrogens is 286 g/mol. The smallest absolute Gasteiger partial charge is 3.00 e. The van der Waals surface area contributed by atoms with Crippen LogP contribution in [0.5, 0.6) is 0 Å². The van der Waals surface area contributed by atoms with Gasteiger partial charge in [0, 0.05) is 37.2 Å². The maximum absolute atomic E-state index is 0. The first-order chi connectivity index (χ1) is 0. The fraction of sp³-hybridized carbons (Fsp3) is 0. The Bertz CT molecular complexity index is 8.00. The molecule has 0 saturated heterocycles. The van der Waals surface area contributed by atoms with E-state index in [1.165, 1.54) is 0 Å². The van der Waals surface area contributed by atoms with Gasteiger partial charge in [0.2, 0.25) is 0 Å². The summed E-state index contributed by atoms with van der Waals surface area (Å²) in [4.78, 5) is 0. The van der Waals surface area contributed by atoms with Crippen LogP contribution in [0.2, 0.25) is 0 Å². The molecule has 0 aromatic carbocycles. The minimum Gasteiger partial charge on any atom is -3.00 e. The molecule has 14 valence electrons. The van der Waals surface area contributed by atoms with Crippen LogP contribution in [0.4, 0.5) is 0 Å². The molecular formula is AlAsGaIn. The zero-order valence-corrected chi connectivity index (χ0v) is 10.9. The van der Waals surface area contributed by atoms with Crippen molar-refractivity contribution in [1.82, 2.24) is 0 Å². The Balaban J connectivity index is 0. The zero-order chi connectivity index (χ0) is 0. The molecule has 0 heterocycles. The molecule has 0 atom stereocenters. The van der Waals surface area contributed by atoms with E-state index in [9.17, 15) is 0 Å². The van der Waals surface area contributed by atoms with E-state index in [4.69, 9.17) is 0 Å². The first-order valence-corrected chi connectivity index (χ1v) is 0. The summed E-state index contributed by atoms with van der Waals surface area (Å²) in [5.74, 6) is 0.